The third-order valence-electron chi connectivity index (χ3n) is 10.2. The first kappa shape index (κ1) is 19.5. The largest absolute Gasteiger partial charge is 0.359 e. The van der Waals surface area contributed by atoms with Gasteiger partial charge in [-0.2, -0.15) is 0 Å². The third kappa shape index (κ3) is 2.42. The number of nitrogens with zero attached hydrogens (tertiary/aromatic N) is 1. The van der Waals surface area contributed by atoms with Crippen LogP contribution < -0.4 is 5.32 Å². The second kappa shape index (κ2) is 6.55. The van der Waals surface area contributed by atoms with Crippen molar-refractivity contribution in [3.05, 3.63) is 65.5 Å². The molecule has 3 fully saturated rings. The van der Waals surface area contributed by atoms with E-state index in [9.17, 15) is 0 Å². The van der Waals surface area contributed by atoms with E-state index in [0.717, 1.165) is 6.42 Å². The normalized spacial score (nSPS) is 42.1. The zero-order chi connectivity index (χ0) is 21.6. The van der Waals surface area contributed by atoms with Crippen molar-refractivity contribution >= 4 is 10.8 Å². The zero-order valence-electron chi connectivity index (χ0n) is 19.4. The number of hydrogen-bond acceptors (Lipinski definition) is 3. The van der Waals surface area contributed by atoms with E-state index in [2.05, 4.69) is 60.7 Å². The Bertz CT molecular complexity index is 1170. The van der Waals surface area contributed by atoms with Crippen molar-refractivity contribution in [2.24, 2.45) is 11.3 Å². The molecule has 3 aliphatic carbocycles. The summed E-state index contributed by atoms with van der Waals surface area (Å²) in [6.07, 6.45) is 18.8. The Morgan fingerprint density at radius 3 is 2.94 bits per heavy atom. The summed E-state index contributed by atoms with van der Waals surface area (Å²) >= 11 is 0. The summed E-state index contributed by atoms with van der Waals surface area (Å²) in [6.45, 7) is 2.57. The van der Waals surface area contributed by atoms with Crippen molar-refractivity contribution < 1.29 is 4.74 Å². The van der Waals surface area contributed by atoms with Crippen LogP contribution in [0.25, 0.3) is 10.8 Å². The minimum absolute atomic E-state index is 0.00573. The average molecular weight is 427 g/mol. The standard InChI is InChI=1S/C29H34N2O/c1-27-11-9-23-16-22-5-6-24(30-2)17-28(22)12-13-29(23,32-28)26(27)8-7-25(27)20-4-3-19-10-14-31-18-21(19)15-20/h3-4,9-10,14-16,18,24-26,30H,5-8,11-13,17H2,1-2H3/t24-,25?,26-,27?,28-,29-/m1/s1. The summed E-state index contributed by atoms with van der Waals surface area (Å²) in [5.74, 6) is 1.20. The van der Waals surface area contributed by atoms with Crippen LogP contribution in [-0.4, -0.2) is 29.3 Å². The van der Waals surface area contributed by atoms with Crippen LogP contribution in [0.1, 0.15) is 69.8 Å². The molecule has 6 atom stereocenters. The van der Waals surface area contributed by atoms with E-state index in [4.69, 9.17) is 4.74 Å². The SMILES string of the molecule is CN[C@@H]1CCC2=CC3=CCC4(C)C(c5ccc6ccncc6c5)CC[C@H]4[C@@]34CC[C@]2(C1)O4. The topological polar surface area (TPSA) is 34.2 Å². The van der Waals surface area contributed by atoms with Crippen molar-refractivity contribution in [3.8, 4) is 0 Å². The Labute approximate surface area is 191 Å². The molecule has 2 aromatic rings. The van der Waals surface area contributed by atoms with Crippen molar-refractivity contribution in [1.82, 2.24) is 10.3 Å². The molecule has 1 aromatic heterocycles. The highest BCUT2D eigenvalue weighted by atomic mass is 16.5. The van der Waals surface area contributed by atoms with E-state index in [0.29, 0.717) is 17.9 Å². The van der Waals surface area contributed by atoms with Crippen LogP contribution in [0, 0.1) is 11.3 Å². The van der Waals surface area contributed by atoms with Gasteiger partial charge in [0.05, 0.1) is 11.2 Å². The summed E-state index contributed by atoms with van der Waals surface area (Å²) in [5.41, 5.74) is 4.80. The first-order valence-corrected chi connectivity index (χ1v) is 12.7. The quantitative estimate of drug-likeness (QED) is 0.633. The number of nitrogens with one attached hydrogen (secondary N) is 1. The highest BCUT2D eigenvalue weighted by Gasteiger charge is 2.66. The molecule has 3 nitrogen and oxygen atoms in total. The summed E-state index contributed by atoms with van der Waals surface area (Å²) in [5, 5.41) is 6.11. The summed E-state index contributed by atoms with van der Waals surface area (Å²) in [6, 6.07) is 9.79. The first-order chi connectivity index (χ1) is 15.6. The van der Waals surface area contributed by atoms with Gasteiger partial charge in [-0.25, -0.2) is 0 Å². The molecule has 0 radical (unpaired) electrons. The smallest absolute Gasteiger partial charge is 0.0974 e. The molecule has 2 unspecified atom stereocenters. The minimum Gasteiger partial charge on any atom is -0.359 e. The van der Waals surface area contributed by atoms with Gasteiger partial charge in [-0.05, 0) is 110 Å². The lowest BCUT2D eigenvalue weighted by Gasteiger charge is -2.54. The van der Waals surface area contributed by atoms with Gasteiger partial charge < -0.3 is 10.1 Å². The van der Waals surface area contributed by atoms with Gasteiger partial charge >= 0.3 is 0 Å². The van der Waals surface area contributed by atoms with Crippen molar-refractivity contribution in [2.45, 2.75) is 81.5 Å². The molecule has 166 valence electrons. The molecule has 2 saturated carbocycles. The molecular formula is C29H34N2O. The van der Waals surface area contributed by atoms with Gasteiger partial charge in [-0.3, -0.25) is 4.98 Å². The zero-order valence-corrected chi connectivity index (χ0v) is 19.4. The van der Waals surface area contributed by atoms with Crippen molar-refractivity contribution in [3.63, 3.8) is 0 Å². The Hall–Kier alpha value is -1.97. The maximum atomic E-state index is 7.36. The van der Waals surface area contributed by atoms with Gasteiger partial charge in [0.1, 0.15) is 0 Å². The second-order valence-corrected chi connectivity index (χ2v) is 11.4. The Kier molecular flexibility index (Phi) is 3.99. The molecule has 1 saturated heterocycles. The highest BCUT2D eigenvalue weighted by molar-refractivity contribution is 5.82. The molecule has 7 rings (SSSR count). The van der Waals surface area contributed by atoms with Crippen LogP contribution in [0.4, 0.5) is 0 Å². The molecule has 3 heterocycles. The van der Waals surface area contributed by atoms with E-state index in [-0.39, 0.29) is 16.6 Å². The van der Waals surface area contributed by atoms with Gasteiger partial charge in [0.15, 0.2) is 0 Å². The van der Waals surface area contributed by atoms with Gasteiger partial charge in [0, 0.05) is 23.8 Å². The van der Waals surface area contributed by atoms with E-state index in [1.165, 1.54) is 66.9 Å². The number of aromatic nitrogens is 1. The lowest BCUT2D eigenvalue weighted by molar-refractivity contribution is -0.136. The third-order valence-corrected chi connectivity index (χ3v) is 10.2. The van der Waals surface area contributed by atoms with E-state index in [1.54, 1.807) is 5.57 Å². The summed E-state index contributed by atoms with van der Waals surface area (Å²) in [4.78, 5) is 4.37. The average Bonchev–Trinajstić information content (AvgIpc) is 3.33. The molecule has 1 N–H and O–H groups in total. The van der Waals surface area contributed by atoms with Gasteiger partial charge in [0.2, 0.25) is 0 Å². The van der Waals surface area contributed by atoms with Crippen molar-refractivity contribution in [1.29, 1.82) is 0 Å². The fourth-order valence-corrected chi connectivity index (χ4v) is 8.52. The van der Waals surface area contributed by atoms with Crippen LogP contribution >= 0.6 is 0 Å². The number of hydrogen-bond donors (Lipinski definition) is 1. The lowest BCUT2D eigenvalue weighted by Crippen LogP contribution is -2.54. The number of rotatable bonds is 2. The molecule has 2 spiro atoms. The highest BCUT2D eigenvalue weighted by Crippen LogP contribution is 2.69. The Morgan fingerprint density at radius 1 is 1.09 bits per heavy atom. The second-order valence-electron chi connectivity index (χ2n) is 11.4. The van der Waals surface area contributed by atoms with E-state index >= 15 is 0 Å². The van der Waals surface area contributed by atoms with Gasteiger partial charge in [-0.15, -0.1) is 0 Å². The number of benzene rings is 1. The molecule has 0 amide bonds. The molecule has 2 aliphatic heterocycles. The summed E-state index contributed by atoms with van der Waals surface area (Å²) in [7, 11) is 2.12. The van der Waals surface area contributed by atoms with Gasteiger partial charge in [0.25, 0.3) is 0 Å². The molecule has 5 aliphatic rings. The van der Waals surface area contributed by atoms with Crippen LogP contribution in [0.3, 0.4) is 0 Å². The summed E-state index contributed by atoms with van der Waals surface area (Å²) < 4.78 is 7.36. The predicted molar refractivity (Wildman–Crippen MR) is 129 cm³/mol. The molecule has 3 heteroatoms. The van der Waals surface area contributed by atoms with Gasteiger partial charge in [-0.1, -0.05) is 31.2 Å². The minimum atomic E-state index is -0.0563. The fourth-order valence-electron chi connectivity index (χ4n) is 8.52. The predicted octanol–water partition coefficient (Wildman–Crippen LogP) is 6.06. The molecular weight excluding hydrogens is 392 g/mol. The van der Waals surface area contributed by atoms with Crippen LogP contribution in [-0.2, 0) is 4.74 Å². The molecule has 32 heavy (non-hydrogen) atoms. The number of ether oxygens (including phenoxy) is 1. The van der Waals surface area contributed by atoms with Crippen molar-refractivity contribution in [2.75, 3.05) is 7.05 Å². The first-order valence-electron chi connectivity index (χ1n) is 12.7. The number of allylic oxidation sites excluding steroid dienone is 1. The Morgan fingerprint density at radius 2 is 2.03 bits per heavy atom. The van der Waals surface area contributed by atoms with Crippen LogP contribution in [0.5, 0.6) is 0 Å². The Balaban J connectivity index is 1.29. The fraction of sp³-hybridized carbons (Fsp3) is 0.552. The monoisotopic (exact) mass is 426 g/mol. The maximum absolute atomic E-state index is 7.36. The van der Waals surface area contributed by atoms with Crippen LogP contribution in [0.2, 0.25) is 0 Å². The number of pyridine rings is 1. The molecule has 2 bridgehead atoms. The molecule has 1 aromatic carbocycles. The lowest BCUT2D eigenvalue weighted by atomic mass is 9.58. The van der Waals surface area contributed by atoms with Crippen LogP contribution in [0.15, 0.2) is 60.0 Å². The maximum Gasteiger partial charge on any atom is 0.0974 e. The number of fused-ring (bicyclic) bond motifs is 2. The van der Waals surface area contributed by atoms with E-state index < -0.39 is 0 Å². The van der Waals surface area contributed by atoms with E-state index in [1.807, 2.05) is 12.4 Å².